The van der Waals surface area contributed by atoms with Crippen LogP contribution in [0.25, 0.3) is 11.1 Å². The third-order valence-electron chi connectivity index (χ3n) is 5.94. The Balaban J connectivity index is 1.66. The van der Waals surface area contributed by atoms with Gasteiger partial charge in [0.05, 0.1) is 0 Å². The number of hydrogen-bond acceptors (Lipinski definition) is 5. The van der Waals surface area contributed by atoms with E-state index in [0.717, 1.165) is 16.7 Å². The number of aliphatic imine (C=N–C) groups is 1. The SMILES string of the molecule is CN1C(=O)C2(CC(C)(C)Oc3ccc(-c4cncc(C5CC5)c4)cc32)N=C1N. The van der Waals surface area contributed by atoms with Crippen LogP contribution in [0.5, 0.6) is 5.75 Å². The Morgan fingerprint density at radius 2 is 1.96 bits per heavy atom. The van der Waals surface area contributed by atoms with E-state index >= 15 is 0 Å². The van der Waals surface area contributed by atoms with Gasteiger partial charge in [0.15, 0.2) is 11.5 Å². The molecule has 1 fully saturated rings. The second-order valence-electron chi connectivity index (χ2n) is 8.73. The molecular weight excluding hydrogens is 352 g/mol. The Labute approximate surface area is 164 Å². The number of hydrogen-bond donors (Lipinski definition) is 1. The van der Waals surface area contributed by atoms with Gasteiger partial charge in [0.2, 0.25) is 0 Å². The van der Waals surface area contributed by atoms with Crippen molar-refractivity contribution >= 4 is 11.9 Å². The molecule has 1 aromatic heterocycles. The zero-order chi connectivity index (χ0) is 19.7. The minimum absolute atomic E-state index is 0.107. The van der Waals surface area contributed by atoms with Crippen LogP contribution in [-0.4, -0.2) is 34.4 Å². The van der Waals surface area contributed by atoms with Gasteiger partial charge in [-0.05, 0) is 61.9 Å². The Morgan fingerprint density at radius 1 is 1.18 bits per heavy atom. The molecular formula is C22H24N4O2. The molecule has 0 saturated heterocycles. The van der Waals surface area contributed by atoms with Crippen LogP contribution >= 0.6 is 0 Å². The number of carbonyl (C=O) groups is 1. The highest BCUT2D eigenvalue weighted by molar-refractivity contribution is 6.07. The standard InChI is InChI=1S/C22H24N4O2/c1-21(2)12-22(19(27)26(3)20(23)25-22)17-9-14(6-7-18(17)28-21)16-8-15(10-24-11-16)13-4-5-13/h6-11,13H,4-5,12H2,1-3H3,(H2,23,25). The molecule has 144 valence electrons. The third-order valence-corrected chi connectivity index (χ3v) is 5.94. The largest absolute Gasteiger partial charge is 0.487 e. The van der Waals surface area contributed by atoms with Crippen LogP contribution in [0.3, 0.4) is 0 Å². The lowest BCUT2D eigenvalue weighted by atomic mass is 9.77. The summed E-state index contributed by atoms with van der Waals surface area (Å²) in [6.45, 7) is 3.96. The first-order valence-corrected chi connectivity index (χ1v) is 9.71. The van der Waals surface area contributed by atoms with Crippen LogP contribution < -0.4 is 10.5 Å². The summed E-state index contributed by atoms with van der Waals surface area (Å²) in [4.78, 5) is 23.7. The van der Waals surface area contributed by atoms with Crippen molar-refractivity contribution in [2.24, 2.45) is 10.7 Å². The van der Waals surface area contributed by atoms with Gasteiger partial charge in [-0.1, -0.05) is 6.07 Å². The van der Waals surface area contributed by atoms with Gasteiger partial charge in [0.25, 0.3) is 5.91 Å². The second kappa shape index (κ2) is 5.56. The van der Waals surface area contributed by atoms with Gasteiger partial charge in [-0.15, -0.1) is 0 Å². The topological polar surface area (TPSA) is 80.8 Å². The van der Waals surface area contributed by atoms with E-state index in [4.69, 9.17) is 10.5 Å². The smallest absolute Gasteiger partial charge is 0.261 e. The van der Waals surface area contributed by atoms with Crippen LogP contribution in [0.4, 0.5) is 0 Å². The number of likely N-dealkylation sites (N-methyl/N-ethyl adjacent to an activating group) is 1. The van der Waals surface area contributed by atoms with Crippen molar-refractivity contribution in [3.8, 4) is 16.9 Å². The van der Waals surface area contributed by atoms with Crippen molar-refractivity contribution in [3.05, 3.63) is 47.8 Å². The minimum atomic E-state index is -1.03. The number of carbonyl (C=O) groups excluding carboxylic acids is 1. The molecule has 3 aliphatic rings. The van der Waals surface area contributed by atoms with Gasteiger partial charge >= 0.3 is 0 Å². The lowest BCUT2D eigenvalue weighted by molar-refractivity contribution is -0.133. The quantitative estimate of drug-likeness (QED) is 0.873. The zero-order valence-electron chi connectivity index (χ0n) is 16.4. The summed E-state index contributed by atoms with van der Waals surface area (Å²) in [5.74, 6) is 1.46. The molecule has 3 heterocycles. The molecule has 6 heteroatoms. The van der Waals surface area contributed by atoms with Crippen molar-refractivity contribution in [3.63, 3.8) is 0 Å². The predicted molar refractivity (Wildman–Crippen MR) is 107 cm³/mol. The number of ether oxygens (including phenoxy) is 1. The van der Waals surface area contributed by atoms with E-state index in [2.05, 4.69) is 16.0 Å². The number of benzene rings is 1. The van der Waals surface area contributed by atoms with Gasteiger partial charge in [-0.3, -0.25) is 14.7 Å². The summed E-state index contributed by atoms with van der Waals surface area (Å²) in [5.41, 5.74) is 8.58. The lowest BCUT2D eigenvalue weighted by Crippen LogP contribution is -2.49. The number of amides is 1. The van der Waals surface area contributed by atoms with Crippen LogP contribution in [-0.2, 0) is 10.3 Å². The highest BCUT2D eigenvalue weighted by Crippen LogP contribution is 2.50. The highest BCUT2D eigenvalue weighted by Gasteiger charge is 2.55. The molecule has 0 radical (unpaired) electrons. The average Bonchev–Trinajstić information content (AvgIpc) is 3.48. The van der Waals surface area contributed by atoms with Gasteiger partial charge in [0.1, 0.15) is 11.4 Å². The summed E-state index contributed by atoms with van der Waals surface area (Å²) >= 11 is 0. The average molecular weight is 376 g/mol. The number of nitrogens with zero attached hydrogens (tertiary/aromatic N) is 3. The van der Waals surface area contributed by atoms with E-state index in [9.17, 15) is 4.79 Å². The second-order valence-corrected chi connectivity index (χ2v) is 8.73. The molecule has 28 heavy (non-hydrogen) atoms. The van der Waals surface area contributed by atoms with Crippen molar-refractivity contribution in [2.75, 3.05) is 7.05 Å². The molecule has 1 spiro atoms. The number of fused-ring (bicyclic) bond motifs is 2. The van der Waals surface area contributed by atoms with Crippen molar-refractivity contribution in [1.29, 1.82) is 0 Å². The van der Waals surface area contributed by atoms with Crippen molar-refractivity contribution in [1.82, 2.24) is 9.88 Å². The zero-order valence-corrected chi connectivity index (χ0v) is 16.4. The molecule has 5 rings (SSSR count). The van der Waals surface area contributed by atoms with Crippen LogP contribution in [0.15, 0.2) is 41.7 Å². The lowest BCUT2D eigenvalue weighted by Gasteiger charge is -2.41. The van der Waals surface area contributed by atoms with E-state index in [1.165, 1.54) is 23.3 Å². The molecule has 2 N–H and O–H groups in total. The summed E-state index contributed by atoms with van der Waals surface area (Å²) in [7, 11) is 1.67. The van der Waals surface area contributed by atoms with Crippen LogP contribution in [0.2, 0.25) is 0 Å². The molecule has 1 aromatic carbocycles. The van der Waals surface area contributed by atoms with Crippen LogP contribution in [0.1, 0.15) is 50.2 Å². The van der Waals surface area contributed by atoms with Crippen molar-refractivity contribution < 1.29 is 9.53 Å². The van der Waals surface area contributed by atoms with Crippen LogP contribution in [0, 0.1) is 0 Å². The first-order chi connectivity index (χ1) is 13.3. The molecule has 1 atom stereocenters. The number of aromatic nitrogens is 1. The molecule has 6 nitrogen and oxygen atoms in total. The van der Waals surface area contributed by atoms with Gasteiger partial charge in [-0.2, -0.15) is 0 Å². The molecule has 2 aliphatic heterocycles. The monoisotopic (exact) mass is 376 g/mol. The molecule has 1 aliphatic carbocycles. The Kier molecular flexibility index (Phi) is 3.42. The fourth-order valence-electron chi connectivity index (χ4n) is 4.41. The Hall–Kier alpha value is -2.89. The predicted octanol–water partition coefficient (Wildman–Crippen LogP) is 3.17. The summed E-state index contributed by atoms with van der Waals surface area (Å²) < 4.78 is 6.19. The minimum Gasteiger partial charge on any atom is -0.487 e. The first kappa shape index (κ1) is 17.2. The molecule has 2 aromatic rings. The van der Waals surface area contributed by atoms with Crippen molar-refractivity contribution in [2.45, 2.75) is 50.2 Å². The van der Waals surface area contributed by atoms with E-state index < -0.39 is 11.1 Å². The number of nitrogens with two attached hydrogens (primary N) is 1. The Morgan fingerprint density at radius 3 is 2.64 bits per heavy atom. The molecule has 1 unspecified atom stereocenters. The van der Waals surface area contributed by atoms with Gasteiger partial charge in [0, 0.05) is 37.0 Å². The maximum absolute atomic E-state index is 13.2. The Bertz CT molecular complexity index is 1020. The van der Waals surface area contributed by atoms with E-state index in [1.807, 2.05) is 44.4 Å². The first-order valence-electron chi connectivity index (χ1n) is 9.71. The fourth-order valence-corrected chi connectivity index (χ4v) is 4.41. The summed E-state index contributed by atoms with van der Waals surface area (Å²) in [6.07, 6.45) is 6.73. The molecule has 1 amide bonds. The number of rotatable bonds is 2. The molecule has 0 bridgehead atoms. The maximum Gasteiger partial charge on any atom is 0.261 e. The number of pyridine rings is 1. The summed E-state index contributed by atoms with van der Waals surface area (Å²) in [6, 6.07) is 8.19. The van der Waals surface area contributed by atoms with Gasteiger partial charge in [-0.25, -0.2) is 4.99 Å². The van der Waals surface area contributed by atoms with E-state index in [-0.39, 0.29) is 11.9 Å². The van der Waals surface area contributed by atoms with Gasteiger partial charge < -0.3 is 10.5 Å². The highest BCUT2D eigenvalue weighted by atomic mass is 16.5. The van der Waals surface area contributed by atoms with E-state index in [1.54, 1.807) is 7.05 Å². The molecule has 1 saturated carbocycles. The fraction of sp³-hybridized carbons (Fsp3) is 0.409. The number of guanidine groups is 1. The maximum atomic E-state index is 13.2. The van der Waals surface area contributed by atoms with E-state index in [0.29, 0.717) is 18.1 Å². The third kappa shape index (κ3) is 2.51. The normalized spacial score (nSPS) is 25.5. The summed E-state index contributed by atoms with van der Waals surface area (Å²) in [5, 5.41) is 0.